The fraction of sp³-hybridized carbons (Fsp3) is 0.261. The Bertz CT molecular complexity index is 818. The molecule has 0 saturated carbocycles. The molecule has 1 radical (unpaired) electrons. The number of allylic oxidation sites excluding steroid dienone is 4. The largest absolute Gasteiger partial charge is 0.0801 e. The Hall–Kier alpha value is -2.08. The summed E-state index contributed by atoms with van der Waals surface area (Å²) in [6.07, 6.45) is 13.9. The maximum absolute atomic E-state index is 2.45. The van der Waals surface area contributed by atoms with E-state index in [9.17, 15) is 0 Å². The summed E-state index contributed by atoms with van der Waals surface area (Å²) in [6.45, 7) is 4.59. The van der Waals surface area contributed by atoms with Crippen molar-refractivity contribution >= 4 is 5.57 Å². The van der Waals surface area contributed by atoms with Gasteiger partial charge in [-0.3, -0.25) is 0 Å². The Morgan fingerprint density at radius 1 is 1.09 bits per heavy atom. The van der Waals surface area contributed by atoms with Gasteiger partial charge in [0.1, 0.15) is 0 Å². The molecule has 0 bridgehead atoms. The first-order chi connectivity index (χ1) is 11.3. The van der Waals surface area contributed by atoms with E-state index in [1.165, 1.54) is 63.8 Å². The van der Waals surface area contributed by atoms with E-state index in [0.29, 0.717) is 0 Å². The van der Waals surface area contributed by atoms with Gasteiger partial charge in [-0.1, -0.05) is 61.9 Å². The third kappa shape index (κ3) is 2.37. The molecule has 0 aromatic heterocycles. The van der Waals surface area contributed by atoms with Gasteiger partial charge in [0.2, 0.25) is 0 Å². The maximum atomic E-state index is 2.45. The molecule has 2 aliphatic carbocycles. The van der Waals surface area contributed by atoms with E-state index >= 15 is 0 Å². The molecule has 0 fully saturated rings. The smallest absolute Gasteiger partial charge is 0.0218 e. The molecular formula is C23H23. The van der Waals surface area contributed by atoms with Crippen LogP contribution in [0, 0.1) is 13.3 Å². The first-order valence-corrected chi connectivity index (χ1v) is 8.76. The molecule has 2 aromatic rings. The van der Waals surface area contributed by atoms with Gasteiger partial charge in [0.25, 0.3) is 0 Å². The highest BCUT2D eigenvalue weighted by atomic mass is 14.3. The third-order valence-corrected chi connectivity index (χ3v) is 5.18. The quantitative estimate of drug-likeness (QED) is 0.533. The highest BCUT2D eigenvalue weighted by Crippen LogP contribution is 2.45. The number of fused-ring (bicyclic) bond motifs is 3. The minimum atomic E-state index is 1.06. The van der Waals surface area contributed by atoms with Crippen LogP contribution in [0.25, 0.3) is 16.7 Å². The van der Waals surface area contributed by atoms with Gasteiger partial charge in [-0.25, -0.2) is 0 Å². The Morgan fingerprint density at radius 2 is 1.96 bits per heavy atom. The predicted molar refractivity (Wildman–Crippen MR) is 99.5 cm³/mol. The Kier molecular flexibility index (Phi) is 3.69. The van der Waals surface area contributed by atoms with E-state index in [2.05, 4.69) is 68.8 Å². The number of unbranched alkanes of at least 4 members (excludes halogenated alkanes) is 1. The maximum Gasteiger partial charge on any atom is 0.0218 e. The zero-order valence-corrected chi connectivity index (χ0v) is 14.0. The third-order valence-electron chi connectivity index (χ3n) is 5.18. The summed E-state index contributed by atoms with van der Waals surface area (Å²) in [5.41, 5.74) is 11.6. The van der Waals surface area contributed by atoms with Crippen LogP contribution in [0.5, 0.6) is 0 Å². The second kappa shape index (κ2) is 5.85. The van der Waals surface area contributed by atoms with Crippen molar-refractivity contribution in [2.24, 2.45) is 0 Å². The van der Waals surface area contributed by atoms with Gasteiger partial charge in [0.05, 0.1) is 0 Å². The topological polar surface area (TPSA) is 0 Å². The normalized spacial score (nSPS) is 14.8. The second-order valence-corrected chi connectivity index (χ2v) is 6.66. The summed E-state index contributed by atoms with van der Waals surface area (Å²) >= 11 is 0. The van der Waals surface area contributed by atoms with Crippen LogP contribution >= 0.6 is 0 Å². The van der Waals surface area contributed by atoms with Crippen LogP contribution in [0.15, 0.2) is 48.6 Å². The molecule has 0 spiro atoms. The fourth-order valence-corrected chi connectivity index (χ4v) is 3.93. The van der Waals surface area contributed by atoms with Crippen LogP contribution in [-0.4, -0.2) is 0 Å². The molecule has 0 nitrogen and oxygen atoms in total. The number of rotatable bonds is 4. The van der Waals surface area contributed by atoms with E-state index in [-0.39, 0.29) is 0 Å². The van der Waals surface area contributed by atoms with Crippen LogP contribution in [0.2, 0.25) is 0 Å². The molecule has 2 aromatic carbocycles. The highest BCUT2D eigenvalue weighted by Gasteiger charge is 2.25. The van der Waals surface area contributed by atoms with E-state index in [0.717, 1.165) is 6.42 Å². The molecule has 2 aliphatic rings. The average molecular weight is 299 g/mol. The Morgan fingerprint density at radius 3 is 2.74 bits per heavy atom. The Balaban J connectivity index is 1.92. The minimum absolute atomic E-state index is 1.06. The molecule has 0 heteroatoms. The summed E-state index contributed by atoms with van der Waals surface area (Å²) in [5, 5.41) is 0. The number of benzene rings is 2. The van der Waals surface area contributed by atoms with Crippen molar-refractivity contribution < 1.29 is 0 Å². The SMILES string of the molecule is CCCCc1cc2c(c(C3=CC=CC3)c1C)[CH]c1ccccc1-2. The fourth-order valence-electron chi connectivity index (χ4n) is 3.93. The van der Waals surface area contributed by atoms with Gasteiger partial charge in [-0.15, -0.1) is 0 Å². The number of aryl methyl sites for hydroxylation is 1. The number of hydrogen-bond donors (Lipinski definition) is 0. The summed E-state index contributed by atoms with van der Waals surface area (Å²) in [4.78, 5) is 0. The molecule has 0 amide bonds. The molecule has 115 valence electrons. The van der Waals surface area contributed by atoms with Gasteiger partial charge in [-0.05, 0) is 70.7 Å². The second-order valence-electron chi connectivity index (χ2n) is 6.66. The standard InChI is InChI=1S/C23H23/c1-3-4-9-18-14-21-20-13-8-7-12-19(20)15-22(21)23(16(18)2)17-10-5-6-11-17/h5-8,10,12-15H,3-4,9,11H2,1-2H3. The molecule has 0 saturated heterocycles. The molecule has 0 unspecified atom stereocenters. The van der Waals surface area contributed by atoms with Gasteiger partial charge in [0.15, 0.2) is 0 Å². The van der Waals surface area contributed by atoms with Crippen molar-refractivity contribution in [1.82, 2.24) is 0 Å². The molecule has 0 atom stereocenters. The number of hydrogen-bond acceptors (Lipinski definition) is 0. The molecule has 23 heavy (non-hydrogen) atoms. The van der Waals surface area contributed by atoms with Crippen molar-refractivity contribution in [1.29, 1.82) is 0 Å². The molecule has 0 heterocycles. The summed E-state index contributed by atoms with van der Waals surface area (Å²) in [6, 6.07) is 11.3. The van der Waals surface area contributed by atoms with Crippen molar-refractivity contribution in [3.8, 4) is 11.1 Å². The summed E-state index contributed by atoms with van der Waals surface area (Å²) < 4.78 is 0. The zero-order chi connectivity index (χ0) is 15.8. The first kappa shape index (κ1) is 14.5. The summed E-state index contributed by atoms with van der Waals surface area (Å²) in [7, 11) is 0. The molecule has 0 aliphatic heterocycles. The monoisotopic (exact) mass is 299 g/mol. The average Bonchev–Trinajstić information content (AvgIpc) is 3.20. The van der Waals surface area contributed by atoms with Crippen LogP contribution in [0.4, 0.5) is 0 Å². The van der Waals surface area contributed by atoms with Crippen molar-refractivity contribution in [3.63, 3.8) is 0 Å². The van der Waals surface area contributed by atoms with E-state index < -0.39 is 0 Å². The van der Waals surface area contributed by atoms with Gasteiger partial charge in [0, 0.05) is 6.42 Å². The lowest BCUT2D eigenvalue weighted by Gasteiger charge is -2.18. The molecular weight excluding hydrogens is 276 g/mol. The Labute approximate surface area is 139 Å². The molecule has 0 N–H and O–H groups in total. The lowest BCUT2D eigenvalue weighted by Crippen LogP contribution is -2.00. The molecule has 4 rings (SSSR count). The zero-order valence-electron chi connectivity index (χ0n) is 14.0. The van der Waals surface area contributed by atoms with Crippen LogP contribution in [0.3, 0.4) is 0 Å². The van der Waals surface area contributed by atoms with Crippen molar-refractivity contribution in [3.05, 3.63) is 82.8 Å². The van der Waals surface area contributed by atoms with Crippen LogP contribution in [0.1, 0.15) is 54.0 Å². The predicted octanol–water partition coefficient (Wildman–Crippen LogP) is 6.26. The lowest BCUT2D eigenvalue weighted by molar-refractivity contribution is 0.791. The lowest BCUT2D eigenvalue weighted by atomic mass is 9.86. The van der Waals surface area contributed by atoms with Gasteiger partial charge in [-0.2, -0.15) is 0 Å². The van der Waals surface area contributed by atoms with E-state index in [4.69, 9.17) is 0 Å². The van der Waals surface area contributed by atoms with Crippen LogP contribution < -0.4 is 0 Å². The summed E-state index contributed by atoms with van der Waals surface area (Å²) in [5.74, 6) is 0. The van der Waals surface area contributed by atoms with Gasteiger partial charge < -0.3 is 0 Å². The van der Waals surface area contributed by atoms with Crippen molar-refractivity contribution in [2.45, 2.75) is 39.5 Å². The van der Waals surface area contributed by atoms with E-state index in [1.807, 2.05) is 0 Å². The minimum Gasteiger partial charge on any atom is -0.0801 e. The van der Waals surface area contributed by atoms with Gasteiger partial charge >= 0.3 is 0 Å². The van der Waals surface area contributed by atoms with Crippen LogP contribution in [-0.2, 0) is 6.42 Å². The first-order valence-electron chi connectivity index (χ1n) is 8.76. The van der Waals surface area contributed by atoms with Crippen molar-refractivity contribution in [2.75, 3.05) is 0 Å². The highest BCUT2D eigenvalue weighted by molar-refractivity contribution is 5.90. The van der Waals surface area contributed by atoms with E-state index in [1.54, 1.807) is 0 Å².